The van der Waals surface area contributed by atoms with E-state index in [4.69, 9.17) is 0 Å². The summed E-state index contributed by atoms with van der Waals surface area (Å²) in [6.45, 7) is 9.93. The van der Waals surface area contributed by atoms with E-state index in [2.05, 4.69) is 35.7 Å². The Hall–Kier alpha value is -1.82. The molecule has 0 saturated heterocycles. The van der Waals surface area contributed by atoms with Crippen molar-refractivity contribution < 1.29 is 8.42 Å². The van der Waals surface area contributed by atoms with Crippen LogP contribution in [0.4, 0.5) is 5.82 Å². The van der Waals surface area contributed by atoms with Crippen molar-refractivity contribution in [3.63, 3.8) is 0 Å². The molecule has 1 aromatic carbocycles. The van der Waals surface area contributed by atoms with E-state index in [0.29, 0.717) is 5.82 Å². The summed E-state index contributed by atoms with van der Waals surface area (Å²) in [6.07, 6.45) is 0. The first-order valence-electron chi connectivity index (χ1n) is 6.76. The minimum atomic E-state index is -3.62. The number of aryl methyl sites for hydroxylation is 1. The zero-order chi connectivity index (χ0) is 15.8. The molecule has 0 amide bonds. The first kappa shape index (κ1) is 15.6. The normalized spacial score (nSPS) is 12.4. The van der Waals surface area contributed by atoms with E-state index in [-0.39, 0.29) is 10.3 Å². The van der Waals surface area contributed by atoms with Crippen LogP contribution >= 0.6 is 0 Å². The second kappa shape index (κ2) is 5.18. The van der Waals surface area contributed by atoms with Crippen LogP contribution in [-0.4, -0.2) is 18.6 Å². The molecule has 2 aromatic rings. The number of aromatic nitrogens is 2. The van der Waals surface area contributed by atoms with Gasteiger partial charge in [-0.05, 0) is 37.0 Å². The molecular formula is C15H21N3O2S. The third-order valence-electron chi connectivity index (χ3n) is 3.51. The molecule has 0 unspecified atom stereocenters. The van der Waals surface area contributed by atoms with Crippen LogP contribution in [0.5, 0.6) is 0 Å². The minimum absolute atomic E-state index is 0.00832. The van der Waals surface area contributed by atoms with E-state index >= 15 is 0 Å². The number of sulfonamides is 1. The molecule has 0 aliphatic heterocycles. The number of H-pyrrole nitrogens is 1. The molecule has 21 heavy (non-hydrogen) atoms. The monoisotopic (exact) mass is 307 g/mol. The molecule has 114 valence electrons. The molecule has 6 heteroatoms. The van der Waals surface area contributed by atoms with Gasteiger partial charge in [0.15, 0.2) is 5.82 Å². The third-order valence-corrected chi connectivity index (χ3v) is 4.87. The third kappa shape index (κ3) is 3.26. The average molecular weight is 307 g/mol. The van der Waals surface area contributed by atoms with Crippen molar-refractivity contribution >= 4 is 15.8 Å². The highest BCUT2D eigenvalue weighted by molar-refractivity contribution is 7.92. The lowest BCUT2D eigenvalue weighted by Gasteiger charge is -2.19. The van der Waals surface area contributed by atoms with E-state index in [1.165, 1.54) is 0 Å². The van der Waals surface area contributed by atoms with Gasteiger partial charge >= 0.3 is 0 Å². The number of rotatable bonds is 3. The van der Waals surface area contributed by atoms with Gasteiger partial charge in [0.05, 0.1) is 4.90 Å². The predicted octanol–water partition coefficient (Wildman–Crippen LogP) is 3.12. The van der Waals surface area contributed by atoms with Gasteiger partial charge in [-0.1, -0.05) is 32.9 Å². The molecule has 5 nitrogen and oxygen atoms in total. The summed E-state index contributed by atoms with van der Waals surface area (Å²) < 4.78 is 27.2. The lowest BCUT2D eigenvalue weighted by molar-refractivity contribution is 0.587. The van der Waals surface area contributed by atoms with Gasteiger partial charge in [0, 0.05) is 11.3 Å². The molecule has 0 atom stereocenters. The molecule has 0 radical (unpaired) electrons. The van der Waals surface area contributed by atoms with Crippen LogP contribution in [0.3, 0.4) is 0 Å². The number of hydrogen-bond acceptors (Lipinski definition) is 3. The molecule has 2 rings (SSSR count). The van der Waals surface area contributed by atoms with Crippen LogP contribution in [0.1, 0.15) is 37.6 Å². The van der Waals surface area contributed by atoms with Gasteiger partial charge in [-0.2, -0.15) is 5.10 Å². The number of anilines is 1. The molecule has 2 N–H and O–H groups in total. The Labute approximate surface area is 125 Å². The number of nitrogens with zero attached hydrogens (tertiary/aromatic N) is 1. The molecular weight excluding hydrogens is 286 g/mol. The Kier molecular flexibility index (Phi) is 3.84. The Bertz CT molecular complexity index is 738. The van der Waals surface area contributed by atoms with E-state index in [9.17, 15) is 8.42 Å². The Morgan fingerprint density at radius 2 is 1.67 bits per heavy atom. The van der Waals surface area contributed by atoms with Crippen LogP contribution < -0.4 is 4.72 Å². The first-order chi connectivity index (χ1) is 9.61. The zero-order valence-corrected chi connectivity index (χ0v) is 13.8. The quantitative estimate of drug-likeness (QED) is 0.915. The van der Waals surface area contributed by atoms with Crippen molar-refractivity contribution in [3.05, 3.63) is 41.1 Å². The number of nitrogens with one attached hydrogen (secondary N) is 2. The molecule has 0 aliphatic carbocycles. The SMILES string of the molecule is Cc1[nH]nc(NS(=O)(=O)c2ccc(C(C)(C)C)cc2)c1C. The number of hydrogen-bond donors (Lipinski definition) is 2. The van der Waals surface area contributed by atoms with Crippen molar-refractivity contribution in [2.24, 2.45) is 0 Å². The van der Waals surface area contributed by atoms with Crippen LogP contribution in [0.15, 0.2) is 29.2 Å². The fourth-order valence-corrected chi connectivity index (χ4v) is 2.97. The number of benzene rings is 1. The van der Waals surface area contributed by atoms with Crippen LogP contribution in [0.25, 0.3) is 0 Å². The highest BCUT2D eigenvalue weighted by atomic mass is 32.2. The maximum atomic E-state index is 12.4. The van der Waals surface area contributed by atoms with Crippen molar-refractivity contribution in [3.8, 4) is 0 Å². The van der Waals surface area contributed by atoms with Crippen molar-refractivity contribution in [1.82, 2.24) is 10.2 Å². The summed E-state index contributed by atoms with van der Waals surface area (Å²) in [4.78, 5) is 0.232. The van der Waals surface area contributed by atoms with E-state index < -0.39 is 10.0 Å². The smallest absolute Gasteiger partial charge is 0.263 e. The fourth-order valence-electron chi connectivity index (χ4n) is 1.90. The maximum absolute atomic E-state index is 12.4. The topological polar surface area (TPSA) is 74.8 Å². The lowest BCUT2D eigenvalue weighted by Crippen LogP contribution is -2.15. The number of aromatic amines is 1. The Balaban J connectivity index is 2.30. The van der Waals surface area contributed by atoms with Gasteiger partial charge < -0.3 is 0 Å². The van der Waals surface area contributed by atoms with Gasteiger partial charge in [0.25, 0.3) is 10.0 Å². The zero-order valence-electron chi connectivity index (χ0n) is 13.0. The van der Waals surface area contributed by atoms with Crippen LogP contribution in [0, 0.1) is 13.8 Å². The second-order valence-electron chi connectivity index (χ2n) is 6.20. The molecule has 0 fully saturated rings. The summed E-state index contributed by atoms with van der Waals surface area (Å²) >= 11 is 0. The molecule has 1 heterocycles. The van der Waals surface area contributed by atoms with Gasteiger partial charge in [0.1, 0.15) is 0 Å². The van der Waals surface area contributed by atoms with E-state index in [0.717, 1.165) is 16.8 Å². The van der Waals surface area contributed by atoms with Crippen molar-refractivity contribution in [2.75, 3.05) is 4.72 Å². The molecule has 1 aromatic heterocycles. The predicted molar refractivity (Wildman–Crippen MR) is 84.0 cm³/mol. The summed E-state index contributed by atoms with van der Waals surface area (Å²) in [7, 11) is -3.62. The first-order valence-corrected chi connectivity index (χ1v) is 8.24. The van der Waals surface area contributed by atoms with Gasteiger partial charge in [0.2, 0.25) is 0 Å². The van der Waals surface area contributed by atoms with E-state index in [1.54, 1.807) is 12.1 Å². The van der Waals surface area contributed by atoms with E-state index in [1.807, 2.05) is 26.0 Å². The summed E-state index contributed by atoms with van der Waals surface area (Å²) in [5.74, 6) is 0.340. The summed E-state index contributed by atoms with van der Waals surface area (Å²) in [5.41, 5.74) is 2.72. The fraction of sp³-hybridized carbons (Fsp3) is 0.400. The lowest BCUT2D eigenvalue weighted by atomic mass is 9.87. The van der Waals surface area contributed by atoms with Crippen LogP contribution in [-0.2, 0) is 15.4 Å². The molecule has 0 bridgehead atoms. The largest absolute Gasteiger partial charge is 0.280 e. The summed E-state index contributed by atoms with van der Waals surface area (Å²) in [5, 5.41) is 6.73. The minimum Gasteiger partial charge on any atom is -0.280 e. The maximum Gasteiger partial charge on any atom is 0.263 e. The Morgan fingerprint density at radius 1 is 1.10 bits per heavy atom. The Morgan fingerprint density at radius 3 is 2.10 bits per heavy atom. The molecule has 0 aliphatic rings. The van der Waals surface area contributed by atoms with Crippen molar-refractivity contribution in [1.29, 1.82) is 0 Å². The molecule has 0 spiro atoms. The van der Waals surface area contributed by atoms with Crippen molar-refractivity contribution in [2.45, 2.75) is 44.9 Å². The summed E-state index contributed by atoms with van der Waals surface area (Å²) in [6, 6.07) is 6.93. The highest BCUT2D eigenvalue weighted by Crippen LogP contribution is 2.24. The van der Waals surface area contributed by atoms with Gasteiger partial charge in [-0.25, -0.2) is 8.42 Å². The highest BCUT2D eigenvalue weighted by Gasteiger charge is 2.19. The van der Waals surface area contributed by atoms with Gasteiger partial charge in [-0.15, -0.1) is 0 Å². The van der Waals surface area contributed by atoms with Gasteiger partial charge in [-0.3, -0.25) is 9.82 Å². The molecule has 0 saturated carbocycles. The average Bonchev–Trinajstić information content (AvgIpc) is 2.69. The van der Waals surface area contributed by atoms with Crippen LogP contribution in [0.2, 0.25) is 0 Å². The standard InChI is InChI=1S/C15H21N3O2S/c1-10-11(2)16-17-14(10)18-21(19,20)13-8-6-12(7-9-13)15(3,4)5/h6-9H,1-5H3,(H2,16,17,18). The second-order valence-corrected chi connectivity index (χ2v) is 7.88.